The third-order valence-electron chi connectivity index (χ3n) is 4.59. The molecule has 0 amide bonds. The molecule has 0 N–H and O–H groups in total. The number of Topliss-reactive ketones (excluding diaryl/α,β-unsaturated/α-hetero) is 1. The number of rotatable bonds is 9. The molecule has 0 bridgehead atoms. The Hall–Kier alpha value is -2.45. The number of ketones is 1. The lowest BCUT2D eigenvalue weighted by atomic mass is 10.1. The molecule has 0 fully saturated rings. The molecule has 1 aromatic heterocycles. The van der Waals surface area contributed by atoms with E-state index < -0.39 is 15.8 Å². The molecule has 0 aliphatic heterocycles. The maximum Gasteiger partial charge on any atom is 0.338 e. The van der Waals surface area contributed by atoms with Crippen LogP contribution in [-0.4, -0.2) is 51.3 Å². The van der Waals surface area contributed by atoms with Crippen LogP contribution >= 0.6 is 0 Å². The van der Waals surface area contributed by atoms with Crippen LogP contribution < -0.4 is 0 Å². The molecular formula is C21H27NO6S. The van der Waals surface area contributed by atoms with Gasteiger partial charge >= 0.3 is 5.97 Å². The highest BCUT2D eigenvalue weighted by Crippen LogP contribution is 2.21. The SMILES string of the molecule is COCC(C)n1c(C)cc(C(=O)COC(=O)c2ccc(CS(C)(=O)=O)cc2)c1C. The quantitative estimate of drug-likeness (QED) is 0.457. The number of sulfone groups is 1. The minimum absolute atomic E-state index is 0.0783. The van der Waals surface area contributed by atoms with Gasteiger partial charge in [-0.15, -0.1) is 0 Å². The van der Waals surface area contributed by atoms with Gasteiger partial charge in [-0.05, 0) is 44.5 Å². The number of methoxy groups -OCH3 is 1. The lowest BCUT2D eigenvalue weighted by Gasteiger charge is -2.17. The smallest absolute Gasteiger partial charge is 0.338 e. The van der Waals surface area contributed by atoms with E-state index in [0.29, 0.717) is 17.7 Å². The monoisotopic (exact) mass is 421 g/mol. The van der Waals surface area contributed by atoms with Crippen LogP contribution in [0.2, 0.25) is 0 Å². The molecule has 1 atom stereocenters. The lowest BCUT2D eigenvalue weighted by Crippen LogP contribution is -2.17. The van der Waals surface area contributed by atoms with E-state index in [0.717, 1.165) is 17.6 Å². The fourth-order valence-electron chi connectivity index (χ4n) is 3.39. The standard InChI is InChI=1S/C21H27NO6S/c1-14-10-19(16(3)22(14)15(2)11-27-4)20(23)12-28-21(24)18-8-6-17(7-9-18)13-29(5,25)26/h6-10,15H,11-13H2,1-5H3. The average Bonchev–Trinajstić information content (AvgIpc) is 2.93. The fraction of sp³-hybridized carbons (Fsp3) is 0.429. The number of aromatic nitrogens is 1. The van der Waals surface area contributed by atoms with Crippen LogP contribution in [0.5, 0.6) is 0 Å². The zero-order valence-corrected chi connectivity index (χ0v) is 18.2. The second-order valence-corrected chi connectivity index (χ2v) is 9.37. The van der Waals surface area contributed by atoms with E-state index in [1.807, 2.05) is 25.3 Å². The third kappa shape index (κ3) is 6.01. The van der Waals surface area contributed by atoms with Crippen molar-refractivity contribution in [1.29, 1.82) is 0 Å². The topological polar surface area (TPSA) is 91.7 Å². The van der Waals surface area contributed by atoms with E-state index in [1.165, 1.54) is 12.1 Å². The summed E-state index contributed by atoms with van der Waals surface area (Å²) in [4.78, 5) is 24.8. The van der Waals surface area contributed by atoms with E-state index in [9.17, 15) is 18.0 Å². The predicted octanol–water partition coefficient (Wildman–Crippen LogP) is 2.90. The molecule has 0 aliphatic carbocycles. The second-order valence-electron chi connectivity index (χ2n) is 7.23. The fourth-order valence-corrected chi connectivity index (χ4v) is 4.18. The molecule has 2 rings (SSSR count). The van der Waals surface area contributed by atoms with E-state index in [2.05, 4.69) is 0 Å². The minimum Gasteiger partial charge on any atom is -0.454 e. The van der Waals surface area contributed by atoms with Crippen molar-refractivity contribution in [2.75, 3.05) is 26.6 Å². The van der Waals surface area contributed by atoms with E-state index in [4.69, 9.17) is 9.47 Å². The molecule has 8 heteroatoms. The van der Waals surface area contributed by atoms with Gasteiger partial charge in [0, 0.05) is 30.3 Å². The summed E-state index contributed by atoms with van der Waals surface area (Å²) >= 11 is 0. The molecule has 0 saturated carbocycles. The number of carbonyl (C=O) groups is 2. The van der Waals surface area contributed by atoms with Crippen molar-refractivity contribution in [3.63, 3.8) is 0 Å². The van der Waals surface area contributed by atoms with Crippen LogP contribution in [0.1, 0.15) is 50.6 Å². The van der Waals surface area contributed by atoms with Crippen LogP contribution in [0.4, 0.5) is 0 Å². The lowest BCUT2D eigenvalue weighted by molar-refractivity contribution is 0.0474. The zero-order chi connectivity index (χ0) is 21.8. The molecule has 0 radical (unpaired) electrons. The molecule has 1 aromatic carbocycles. The van der Waals surface area contributed by atoms with Crippen LogP contribution in [0.15, 0.2) is 30.3 Å². The van der Waals surface area contributed by atoms with Crippen LogP contribution in [-0.2, 0) is 25.1 Å². The first kappa shape index (κ1) is 22.8. The molecule has 0 spiro atoms. The van der Waals surface area contributed by atoms with Crippen molar-refractivity contribution in [1.82, 2.24) is 4.57 Å². The second kappa shape index (κ2) is 9.37. The largest absolute Gasteiger partial charge is 0.454 e. The Labute approximate surface area is 171 Å². The maximum atomic E-state index is 12.6. The van der Waals surface area contributed by atoms with Gasteiger partial charge in [0.1, 0.15) is 0 Å². The highest BCUT2D eigenvalue weighted by molar-refractivity contribution is 7.89. The summed E-state index contributed by atoms with van der Waals surface area (Å²) in [7, 11) is -1.52. The summed E-state index contributed by atoms with van der Waals surface area (Å²) in [5.41, 5.74) is 3.09. The molecule has 1 heterocycles. The van der Waals surface area contributed by atoms with Gasteiger partial charge in [-0.2, -0.15) is 0 Å². The number of ether oxygens (including phenoxy) is 2. The Morgan fingerprint density at radius 1 is 1.14 bits per heavy atom. The van der Waals surface area contributed by atoms with Crippen molar-refractivity contribution in [3.8, 4) is 0 Å². The summed E-state index contributed by atoms with van der Waals surface area (Å²) in [6.45, 7) is 5.93. The summed E-state index contributed by atoms with van der Waals surface area (Å²) in [6, 6.07) is 7.97. The highest BCUT2D eigenvalue weighted by Gasteiger charge is 2.20. The van der Waals surface area contributed by atoms with E-state index in [1.54, 1.807) is 25.3 Å². The van der Waals surface area contributed by atoms with Crippen molar-refractivity contribution in [2.45, 2.75) is 32.6 Å². The molecule has 0 aliphatic rings. The van der Waals surface area contributed by atoms with Crippen LogP contribution in [0, 0.1) is 13.8 Å². The number of hydrogen-bond acceptors (Lipinski definition) is 6. The van der Waals surface area contributed by atoms with Gasteiger partial charge in [-0.25, -0.2) is 13.2 Å². The molecule has 158 valence electrons. The number of hydrogen-bond donors (Lipinski definition) is 0. The molecule has 29 heavy (non-hydrogen) atoms. The normalized spacial score (nSPS) is 12.6. The van der Waals surface area contributed by atoms with E-state index >= 15 is 0 Å². The number of aryl methyl sites for hydroxylation is 1. The number of nitrogens with zero attached hydrogens (tertiary/aromatic N) is 1. The van der Waals surface area contributed by atoms with Gasteiger partial charge in [0.15, 0.2) is 16.4 Å². The van der Waals surface area contributed by atoms with Crippen molar-refractivity contribution < 1.29 is 27.5 Å². The molecular weight excluding hydrogens is 394 g/mol. The van der Waals surface area contributed by atoms with Gasteiger partial charge in [0.05, 0.1) is 24.0 Å². The van der Waals surface area contributed by atoms with Gasteiger partial charge in [-0.1, -0.05) is 12.1 Å². The molecule has 1 unspecified atom stereocenters. The Bertz CT molecular complexity index is 989. The van der Waals surface area contributed by atoms with Crippen LogP contribution in [0.3, 0.4) is 0 Å². The first-order valence-electron chi connectivity index (χ1n) is 9.18. The predicted molar refractivity (Wildman–Crippen MR) is 110 cm³/mol. The van der Waals surface area contributed by atoms with Gasteiger partial charge in [0.25, 0.3) is 0 Å². The first-order chi connectivity index (χ1) is 13.5. The molecule has 2 aromatic rings. The molecule has 7 nitrogen and oxygen atoms in total. The zero-order valence-electron chi connectivity index (χ0n) is 17.4. The Kier molecular flexibility index (Phi) is 7.37. The van der Waals surface area contributed by atoms with Gasteiger partial charge < -0.3 is 14.0 Å². The Morgan fingerprint density at radius 2 is 1.76 bits per heavy atom. The van der Waals surface area contributed by atoms with Crippen molar-refractivity contribution >= 4 is 21.6 Å². The van der Waals surface area contributed by atoms with Crippen molar-refractivity contribution in [3.05, 3.63) is 58.4 Å². The Balaban J connectivity index is 2.04. The summed E-state index contributed by atoms with van der Waals surface area (Å²) in [5, 5.41) is 0. The van der Waals surface area contributed by atoms with Crippen LogP contribution in [0.25, 0.3) is 0 Å². The maximum absolute atomic E-state index is 12.6. The average molecular weight is 422 g/mol. The van der Waals surface area contributed by atoms with Gasteiger partial charge in [-0.3, -0.25) is 4.79 Å². The Morgan fingerprint density at radius 3 is 2.31 bits per heavy atom. The summed E-state index contributed by atoms with van der Waals surface area (Å²) in [6.07, 6.45) is 1.15. The van der Waals surface area contributed by atoms with Crippen molar-refractivity contribution in [2.24, 2.45) is 0 Å². The number of carbonyl (C=O) groups excluding carboxylic acids is 2. The molecule has 0 saturated heterocycles. The summed E-state index contributed by atoms with van der Waals surface area (Å²) in [5.74, 6) is -1.01. The number of esters is 1. The van der Waals surface area contributed by atoms with E-state index in [-0.39, 0.29) is 29.7 Å². The first-order valence-corrected chi connectivity index (χ1v) is 11.2. The number of benzene rings is 1. The highest BCUT2D eigenvalue weighted by atomic mass is 32.2. The van der Waals surface area contributed by atoms with Gasteiger partial charge in [0.2, 0.25) is 5.78 Å². The minimum atomic E-state index is -3.15. The third-order valence-corrected chi connectivity index (χ3v) is 5.44. The summed E-state index contributed by atoms with van der Waals surface area (Å²) < 4.78 is 35.0.